The molecule has 18 heavy (non-hydrogen) atoms. The van der Waals surface area contributed by atoms with E-state index in [1.807, 2.05) is 0 Å². The molecular weight excluding hydrogens is 222 g/mol. The van der Waals surface area contributed by atoms with E-state index in [0.29, 0.717) is 11.9 Å². The van der Waals surface area contributed by atoms with Gasteiger partial charge in [0.1, 0.15) is 0 Å². The lowest BCUT2D eigenvalue weighted by atomic mass is 9.99. The van der Waals surface area contributed by atoms with E-state index in [1.54, 1.807) is 0 Å². The molecule has 0 saturated heterocycles. The SMILES string of the molecule is CCC(C)c1ccc(NC(N)=NCC2CC2)cc1. The van der Waals surface area contributed by atoms with Crippen LogP contribution in [-0.4, -0.2) is 12.5 Å². The number of rotatable bonds is 5. The van der Waals surface area contributed by atoms with Crippen molar-refractivity contribution in [2.24, 2.45) is 16.6 Å². The highest BCUT2D eigenvalue weighted by Crippen LogP contribution is 2.28. The Morgan fingerprint density at radius 3 is 2.61 bits per heavy atom. The summed E-state index contributed by atoms with van der Waals surface area (Å²) in [5, 5.41) is 3.14. The first-order chi connectivity index (χ1) is 8.69. The molecule has 1 aliphatic carbocycles. The smallest absolute Gasteiger partial charge is 0.193 e. The summed E-state index contributed by atoms with van der Waals surface area (Å²) in [6, 6.07) is 8.46. The number of guanidine groups is 1. The van der Waals surface area contributed by atoms with Crippen molar-refractivity contribution >= 4 is 11.6 Å². The predicted molar refractivity (Wildman–Crippen MR) is 78.0 cm³/mol. The van der Waals surface area contributed by atoms with Crippen LogP contribution in [0.5, 0.6) is 0 Å². The molecule has 0 amide bonds. The molecule has 1 fully saturated rings. The van der Waals surface area contributed by atoms with Gasteiger partial charge in [-0.1, -0.05) is 26.0 Å². The summed E-state index contributed by atoms with van der Waals surface area (Å²) in [4.78, 5) is 4.34. The minimum Gasteiger partial charge on any atom is -0.370 e. The third-order valence-electron chi connectivity index (χ3n) is 3.58. The van der Waals surface area contributed by atoms with E-state index in [1.165, 1.54) is 18.4 Å². The van der Waals surface area contributed by atoms with Crippen LogP contribution in [0.4, 0.5) is 5.69 Å². The van der Waals surface area contributed by atoms with Gasteiger partial charge in [-0.25, -0.2) is 0 Å². The van der Waals surface area contributed by atoms with E-state index >= 15 is 0 Å². The van der Waals surface area contributed by atoms with Gasteiger partial charge in [0.2, 0.25) is 0 Å². The molecule has 1 unspecified atom stereocenters. The van der Waals surface area contributed by atoms with Gasteiger partial charge in [-0.15, -0.1) is 0 Å². The quantitative estimate of drug-likeness (QED) is 0.617. The minimum atomic E-state index is 0.526. The van der Waals surface area contributed by atoms with E-state index in [0.717, 1.165) is 24.6 Å². The first kappa shape index (κ1) is 12.9. The second-order valence-electron chi connectivity index (χ2n) is 5.23. The molecule has 0 radical (unpaired) electrons. The molecule has 1 aliphatic rings. The Bertz CT molecular complexity index is 404. The number of hydrogen-bond donors (Lipinski definition) is 2. The highest BCUT2D eigenvalue weighted by Gasteiger charge is 2.20. The normalized spacial score (nSPS) is 17.6. The molecule has 1 aromatic carbocycles. The maximum Gasteiger partial charge on any atom is 0.193 e. The third-order valence-corrected chi connectivity index (χ3v) is 3.58. The van der Waals surface area contributed by atoms with Gasteiger partial charge in [-0.2, -0.15) is 0 Å². The van der Waals surface area contributed by atoms with Gasteiger partial charge in [0.05, 0.1) is 0 Å². The van der Waals surface area contributed by atoms with Crippen LogP contribution in [0.15, 0.2) is 29.3 Å². The molecule has 3 N–H and O–H groups in total. The van der Waals surface area contributed by atoms with Gasteiger partial charge < -0.3 is 11.1 Å². The van der Waals surface area contributed by atoms with Crippen molar-refractivity contribution in [1.29, 1.82) is 0 Å². The molecule has 0 aliphatic heterocycles. The van der Waals surface area contributed by atoms with E-state index < -0.39 is 0 Å². The van der Waals surface area contributed by atoms with Crippen LogP contribution >= 0.6 is 0 Å². The van der Waals surface area contributed by atoms with Crippen LogP contribution in [0.1, 0.15) is 44.6 Å². The Kier molecular flexibility index (Phi) is 4.24. The molecule has 98 valence electrons. The van der Waals surface area contributed by atoms with Gasteiger partial charge in [-0.05, 0) is 48.8 Å². The number of aliphatic imine (C=N–C) groups is 1. The van der Waals surface area contributed by atoms with Crippen LogP contribution < -0.4 is 11.1 Å². The summed E-state index contributed by atoms with van der Waals surface area (Å²) in [6.07, 6.45) is 3.78. The van der Waals surface area contributed by atoms with Gasteiger partial charge in [0.15, 0.2) is 5.96 Å². The largest absolute Gasteiger partial charge is 0.370 e. The Morgan fingerprint density at radius 1 is 1.39 bits per heavy atom. The maximum atomic E-state index is 5.84. The second kappa shape index (κ2) is 5.89. The molecule has 0 spiro atoms. The molecule has 0 bridgehead atoms. The van der Waals surface area contributed by atoms with Crippen molar-refractivity contribution in [3.63, 3.8) is 0 Å². The fourth-order valence-electron chi connectivity index (χ4n) is 1.85. The number of benzene rings is 1. The Hall–Kier alpha value is -1.51. The van der Waals surface area contributed by atoms with Gasteiger partial charge in [0.25, 0.3) is 0 Å². The van der Waals surface area contributed by atoms with Crippen molar-refractivity contribution in [3.05, 3.63) is 29.8 Å². The van der Waals surface area contributed by atoms with Crippen molar-refractivity contribution < 1.29 is 0 Å². The van der Waals surface area contributed by atoms with Crippen molar-refractivity contribution in [2.75, 3.05) is 11.9 Å². The zero-order chi connectivity index (χ0) is 13.0. The molecule has 2 rings (SSSR count). The van der Waals surface area contributed by atoms with Gasteiger partial charge in [-0.3, -0.25) is 4.99 Å². The summed E-state index contributed by atoms with van der Waals surface area (Å²) >= 11 is 0. The van der Waals surface area contributed by atoms with Crippen molar-refractivity contribution in [2.45, 2.75) is 39.0 Å². The number of nitrogens with two attached hydrogens (primary N) is 1. The van der Waals surface area contributed by atoms with Crippen LogP contribution in [0.2, 0.25) is 0 Å². The van der Waals surface area contributed by atoms with Crippen molar-refractivity contribution in [3.8, 4) is 0 Å². The lowest BCUT2D eigenvalue weighted by Gasteiger charge is -2.10. The molecule has 1 saturated carbocycles. The molecule has 3 nitrogen and oxygen atoms in total. The van der Waals surface area contributed by atoms with Crippen LogP contribution in [-0.2, 0) is 0 Å². The average molecular weight is 245 g/mol. The standard InChI is InChI=1S/C15H23N3/c1-3-11(2)13-6-8-14(9-7-13)18-15(16)17-10-12-4-5-12/h6-9,11-12H,3-5,10H2,1-2H3,(H3,16,17,18). The summed E-state index contributed by atoms with van der Waals surface area (Å²) < 4.78 is 0. The number of nitrogens with zero attached hydrogens (tertiary/aromatic N) is 1. The molecular formula is C15H23N3. The predicted octanol–water partition coefficient (Wildman–Crippen LogP) is 3.34. The second-order valence-corrected chi connectivity index (χ2v) is 5.23. The van der Waals surface area contributed by atoms with Crippen molar-refractivity contribution in [1.82, 2.24) is 0 Å². The van der Waals surface area contributed by atoms with Gasteiger partial charge in [0, 0.05) is 12.2 Å². The zero-order valence-corrected chi connectivity index (χ0v) is 11.3. The average Bonchev–Trinajstić information content (AvgIpc) is 3.20. The lowest BCUT2D eigenvalue weighted by molar-refractivity contribution is 0.734. The first-order valence-corrected chi connectivity index (χ1v) is 6.86. The van der Waals surface area contributed by atoms with Crippen LogP contribution in [0.3, 0.4) is 0 Å². The number of anilines is 1. The van der Waals surface area contributed by atoms with E-state index in [9.17, 15) is 0 Å². The minimum absolute atomic E-state index is 0.526. The molecule has 3 heteroatoms. The lowest BCUT2D eigenvalue weighted by Crippen LogP contribution is -2.23. The zero-order valence-electron chi connectivity index (χ0n) is 11.3. The molecule has 1 atom stereocenters. The molecule has 1 aromatic rings. The Labute approximate surface area is 109 Å². The highest BCUT2D eigenvalue weighted by molar-refractivity contribution is 5.92. The monoisotopic (exact) mass is 245 g/mol. The van der Waals surface area contributed by atoms with Crippen LogP contribution in [0, 0.1) is 5.92 Å². The topological polar surface area (TPSA) is 50.4 Å². The van der Waals surface area contributed by atoms with Gasteiger partial charge >= 0.3 is 0 Å². The molecule has 0 heterocycles. The summed E-state index contributed by atoms with van der Waals surface area (Å²) in [5.74, 6) is 1.91. The fraction of sp³-hybridized carbons (Fsp3) is 0.533. The highest BCUT2D eigenvalue weighted by atomic mass is 15.1. The number of hydrogen-bond acceptors (Lipinski definition) is 1. The Morgan fingerprint density at radius 2 is 2.06 bits per heavy atom. The van der Waals surface area contributed by atoms with Crippen LogP contribution in [0.25, 0.3) is 0 Å². The Balaban J connectivity index is 1.90. The van der Waals surface area contributed by atoms with E-state index in [-0.39, 0.29) is 0 Å². The molecule has 0 aromatic heterocycles. The first-order valence-electron chi connectivity index (χ1n) is 6.86. The fourth-order valence-corrected chi connectivity index (χ4v) is 1.85. The third kappa shape index (κ3) is 3.76. The van der Waals surface area contributed by atoms with E-state index in [4.69, 9.17) is 5.73 Å². The van der Waals surface area contributed by atoms with E-state index in [2.05, 4.69) is 48.4 Å². The summed E-state index contributed by atoms with van der Waals surface area (Å²) in [5.41, 5.74) is 8.23. The number of nitrogens with one attached hydrogen (secondary N) is 1. The summed E-state index contributed by atoms with van der Waals surface area (Å²) in [6.45, 7) is 5.32. The summed E-state index contributed by atoms with van der Waals surface area (Å²) in [7, 11) is 0. The maximum absolute atomic E-state index is 5.84.